The van der Waals surface area contributed by atoms with Crippen LogP contribution in [0.2, 0.25) is 0 Å². The minimum atomic E-state index is -0.586. The predicted octanol–water partition coefficient (Wildman–Crippen LogP) is 3.77. The van der Waals surface area contributed by atoms with Gasteiger partial charge in [0, 0.05) is 32.3 Å². The molecule has 1 aromatic rings. The molecule has 0 spiro atoms. The Morgan fingerprint density at radius 1 is 1.23 bits per heavy atom. The zero-order valence-electron chi connectivity index (χ0n) is 15.5. The Balaban J connectivity index is 2.67. The van der Waals surface area contributed by atoms with Gasteiger partial charge in [0.15, 0.2) is 0 Å². The number of benzene rings is 1. The molecule has 0 radical (unpaired) electrons. The number of thioether (sulfide) groups is 1. The topological polar surface area (TPSA) is 71.4 Å². The van der Waals surface area contributed by atoms with Crippen LogP contribution in [0, 0.1) is 0 Å². The van der Waals surface area contributed by atoms with Crippen molar-refractivity contribution in [3.63, 3.8) is 0 Å². The Morgan fingerprint density at radius 2 is 1.92 bits per heavy atom. The van der Waals surface area contributed by atoms with Crippen LogP contribution in [0.15, 0.2) is 35.5 Å². The van der Waals surface area contributed by atoms with Crippen LogP contribution in [0.4, 0.5) is 4.79 Å². The monoisotopic (exact) mass is 399 g/mol. The van der Waals surface area contributed by atoms with Gasteiger partial charge in [-0.05, 0) is 25.7 Å². The van der Waals surface area contributed by atoms with E-state index in [9.17, 15) is 9.59 Å². The van der Waals surface area contributed by atoms with Crippen LogP contribution in [-0.4, -0.2) is 52.2 Å². The van der Waals surface area contributed by atoms with E-state index in [1.807, 2.05) is 40.9 Å². The molecule has 1 aromatic carbocycles. The van der Waals surface area contributed by atoms with Gasteiger partial charge < -0.3 is 4.74 Å². The molecular weight excluding hydrogens is 374 g/mol. The second kappa shape index (κ2) is 12.6. The van der Waals surface area contributed by atoms with E-state index in [2.05, 4.69) is 5.16 Å². The van der Waals surface area contributed by atoms with Gasteiger partial charge in [0.1, 0.15) is 5.04 Å². The molecule has 1 rings (SSSR count). The Bertz CT molecular complexity index is 599. The highest BCUT2D eigenvalue weighted by Crippen LogP contribution is 2.20. The second-order valence-electron chi connectivity index (χ2n) is 5.15. The number of oxime groups is 1. The van der Waals surface area contributed by atoms with Gasteiger partial charge in [0.05, 0.1) is 13.0 Å². The molecule has 26 heavy (non-hydrogen) atoms. The third-order valence-corrected chi connectivity index (χ3v) is 4.72. The van der Waals surface area contributed by atoms with E-state index in [1.54, 1.807) is 20.9 Å². The van der Waals surface area contributed by atoms with Gasteiger partial charge in [-0.1, -0.05) is 35.5 Å². The van der Waals surface area contributed by atoms with Gasteiger partial charge in [0.25, 0.3) is 0 Å². The maximum Gasteiger partial charge on any atom is 0.446 e. The van der Waals surface area contributed by atoms with Crippen molar-refractivity contribution in [1.29, 1.82) is 0 Å². The summed E-state index contributed by atoms with van der Waals surface area (Å²) in [5, 5.41) is 4.39. The molecule has 0 aliphatic heterocycles. The van der Waals surface area contributed by atoms with Gasteiger partial charge in [-0.3, -0.25) is 9.63 Å². The number of carbonyl (C=O) groups excluding carboxylic acids is 2. The number of nitrogens with zero attached hydrogens (tertiary/aromatic N) is 3. The summed E-state index contributed by atoms with van der Waals surface area (Å²) in [5.74, 6) is -0.267. The van der Waals surface area contributed by atoms with Crippen molar-refractivity contribution >= 4 is 41.0 Å². The molecule has 0 N–H and O–H groups in total. The van der Waals surface area contributed by atoms with E-state index in [1.165, 1.54) is 28.2 Å². The number of ether oxygens (including phenoxy) is 1. The molecule has 0 heterocycles. The Morgan fingerprint density at radius 3 is 2.54 bits per heavy atom. The summed E-state index contributed by atoms with van der Waals surface area (Å²) < 4.78 is 8.21. The maximum absolute atomic E-state index is 12.0. The van der Waals surface area contributed by atoms with Gasteiger partial charge in [-0.15, -0.1) is 11.8 Å². The molecule has 7 nitrogen and oxygen atoms in total. The number of hydrogen-bond donors (Lipinski definition) is 0. The molecule has 0 aromatic heterocycles. The molecule has 9 heteroatoms. The first-order valence-electron chi connectivity index (χ1n) is 8.12. The average Bonchev–Trinajstić information content (AvgIpc) is 2.64. The molecule has 0 atom stereocenters. The zero-order chi connectivity index (χ0) is 19.4. The average molecular weight is 400 g/mol. The number of amides is 1. The molecule has 0 aliphatic carbocycles. The van der Waals surface area contributed by atoms with Crippen molar-refractivity contribution in [3.8, 4) is 0 Å². The van der Waals surface area contributed by atoms with Crippen molar-refractivity contribution < 1.29 is 19.2 Å². The number of carbonyl (C=O) groups is 2. The molecule has 0 saturated carbocycles. The summed E-state index contributed by atoms with van der Waals surface area (Å²) >= 11 is 2.57. The summed E-state index contributed by atoms with van der Waals surface area (Å²) in [6, 6.07) is 9.81. The minimum absolute atomic E-state index is 0.236. The van der Waals surface area contributed by atoms with Crippen LogP contribution in [-0.2, 0) is 20.9 Å². The summed E-state index contributed by atoms with van der Waals surface area (Å²) in [7, 11) is 1.60. The van der Waals surface area contributed by atoms with Crippen LogP contribution in [0.3, 0.4) is 0 Å². The summed E-state index contributed by atoms with van der Waals surface area (Å²) in [6.07, 6.45) is 1.50. The highest BCUT2D eigenvalue weighted by Gasteiger charge is 2.18. The lowest BCUT2D eigenvalue weighted by Gasteiger charge is -2.24. The smallest absolute Gasteiger partial charge is 0.446 e. The largest absolute Gasteiger partial charge is 0.466 e. The summed E-state index contributed by atoms with van der Waals surface area (Å²) in [4.78, 5) is 28.6. The third-order valence-electron chi connectivity index (χ3n) is 3.12. The maximum atomic E-state index is 12.0. The Kier molecular flexibility index (Phi) is 10.8. The molecule has 0 bridgehead atoms. The van der Waals surface area contributed by atoms with Crippen LogP contribution in [0.1, 0.15) is 25.8 Å². The molecule has 1 amide bonds. The van der Waals surface area contributed by atoms with Crippen LogP contribution < -0.4 is 0 Å². The zero-order valence-corrected chi connectivity index (χ0v) is 17.1. The molecule has 0 fully saturated rings. The van der Waals surface area contributed by atoms with Crippen molar-refractivity contribution in [1.82, 2.24) is 8.61 Å². The lowest BCUT2D eigenvalue weighted by Crippen LogP contribution is -2.28. The number of esters is 1. The third kappa shape index (κ3) is 9.12. The van der Waals surface area contributed by atoms with E-state index >= 15 is 0 Å². The van der Waals surface area contributed by atoms with Crippen molar-refractivity contribution in [2.24, 2.45) is 5.16 Å². The predicted molar refractivity (Wildman–Crippen MR) is 107 cm³/mol. The Labute approximate surface area is 163 Å². The van der Waals surface area contributed by atoms with E-state index in [0.717, 1.165) is 5.56 Å². The van der Waals surface area contributed by atoms with Crippen molar-refractivity contribution in [2.75, 3.05) is 26.5 Å². The Hall–Kier alpha value is -1.71. The van der Waals surface area contributed by atoms with Gasteiger partial charge in [-0.25, -0.2) is 13.4 Å². The molecule has 0 saturated heterocycles. The van der Waals surface area contributed by atoms with Gasteiger partial charge >= 0.3 is 12.1 Å². The molecule has 0 aliphatic rings. The highest BCUT2D eigenvalue weighted by molar-refractivity contribution is 8.13. The molecule has 144 valence electrons. The normalized spacial score (nSPS) is 11.3. The number of rotatable bonds is 9. The first-order chi connectivity index (χ1) is 12.5. The molecular formula is C17H25N3O4S2. The lowest BCUT2D eigenvalue weighted by molar-refractivity contribution is -0.143. The van der Waals surface area contributed by atoms with Crippen LogP contribution in [0.5, 0.6) is 0 Å². The van der Waals surface area contributed by atoms with E-state index < -0.39 is 6.09 Å². The van der Waals surface area contributed by atoms with E-state index in [-0.39, 0.29) is 12.4 Å². The quantitative estimate of drug-likeness (QED) is 0.156. The molecule has 0 unspecified atom stereocenters. The van der Waals surface area contributed by atoms with Crippen LogP contribution >= 0.6 is 23.9 Å². The summed E-state index contributed by atoms with van der Waals surface area (Å²) in [6.45, 7) is 4.88. The van der Waals surface area contributed by atoms with E-state index in [0.29, 0.717) is 24.7 Å². The second-order valence-corrected chi connectivity index (χ2v) is 7.38. The fraction of sp³-hybridized carbons (Fsp3) is 0.471. The van der Waals surface area contributed by atoms with Gasteiger partial charge in [-0.2, -0.15) is 0 Å². The highest BCUT2D eigenvalue weighted by atomic mass is 32.2. The fourth-order valence-corrected chi connectivity index (χ4v) is 2.73. The van der Waals surface area contributed by atoms with E-state index in [4.69, 9.17) is 9.57 Å². The van der Waals surface area contributed by atoms with Crippen molar-refractivity contribution in [3.05, 3.63) is 35.9 Å². The summed E-state index contributed by atoms with van der Waals surface area (Å²) in [5.41, 5.74) is 1.07. The standard InChI is InChI=1S/C17H25N3O4S2/c1-5-23-16(21)11-12-20(13-15-9-7-6-8-10-15)26-19(3)17(22)24-18-14(2)25-4/h6-10H,5,11-13H2,1-4H3/b18-14+. The van der Waals surface area contributed by atoms with Crippen LogP contribution in [0.25, 0.3) is 0 Å². The van der Waals surface area contributed by atoms with Crippen molar-refractivity contribution in [2.45, 2.75) is 26.8 Å². The first-order valence-corrected chi connectivity index (χ1v) is 10.1. The van der Waals surface area contributed by atoms with Gasteiger partial charge in [0.2, 0.25) is 0 Å². The fourth-order valence-electron chi connectivity index (χ4n) is 1.79. The minimum Gasteiger partial charge on any atom is -0.466 e. The first kappa shape index (κ1) is 22.3. The SMILES string of the molecule is CCOC(=O)CCN(Cc1ccccc1)SN(C)C(=O)O/N=C(\C)SC. The number of hydrogen-bond acceptors (Lipinski definition) is 8. The lowest BCUT2D eigenvalue weighted by atomic mass is 10.2.